The van der Waals surface area contributed by atoms with Crippen molar-refractivity contribution in [3.63, 3.8) is 0 Å². The van der Waals surface area contributed by atoms with Gasteiger partial charge in [0.25, 0.3) is 0 Å². The van der Waals surface area contributed by atoms with Crippen LogP contribution in [0.3, 0.4) is 0 Å². The third-order valence-electron chi connectivity index (χ3n) is 7.27. The van der Waals surface area contributed by atoms with Crippen LogP contribution < -0.4 is 9.47 Å². The maximum Gasteiger partial charge on any atom is 0.123 e. The van der Waals surface area contributed by atoms with Crippen molar-refractivity contribution in [3.05, 3.63) is 24.3 Å². The first-order valence-corrected chi connectivity index (χ1v) is 16.1. The van der Waals surface area contributed by atoms with E-state index in [0.717, 1.165) is 37.6 Å². The van der Waals surface area contributed by atoms with Gasteiger partial charge in [-0.15, -0.1) is 0 Å². The van der Waals surface area contributed by atoms with Crippen LogP contribution in [0.5, 0.6) is 11.5 Å². The quantitative estimate of drug-likeness (QED) is 0.106. The van der Waals surface area contributed by atoms with E-state index in [9.17, 15) is 0 Å². The summed E-state index contributed by atoms with van der Waals surface area (Å²) in [6.07, 6.45) is 32.9. The molecule has 0 saturated heterocycles. The van der Waals surface area contributed by atoms with Gasteiger partial charge in [-0.3, -0.25) is 0 Å². The van der Waals surface area contributed by atoms with Crippen molar-refractivity contribution in [1.82, 2.24) is 0 Å². The van der Waals surface area contributed by atoms with Crippen molar-refractivity contribution >= 4 is 0 Å². The van der Waals surface area contributed by atoms with Gasteiger partial charge in [0.05, 0.1) is 13.2 Å². The molecule has 0 N–H and O–H groups in total. The maximum atomic E-state index is 5.95. The zero-order valence-electron chi connectivity index (χ0n) is 24.4. The number of unbranched alkanes of at least 4 members (excludes halogenated alkanes) is 22. The highest BCUT2D eigenvalue weighted by atomic mass is 16.5. The summed E-state index contributed by atoms with van der Waals surface area (Å²) in [6, 6.07) is 9.05. The van der Waals surface area contributed by atoms with E-state index < -0.39 is 0 Å². The van der Waals surface area contributed by atoms with E-state index in [1.54, 1.807) is 0 Å². The molecule has 0 spiro atoms. The third kappa shape index (κ3) is 22.1. The summed E-state index contributed by atoms with van der Waals surface area (Å²) in [5, 5.41) is 0. The normalized spacial score (nSPS) is 11.2. The van der Waals surface area contributed by atoms with E-state index in [0.29, 0.717) is 0 Å². The minimum absolute atomic E-state index is 0.799. The van der Waals surface area contributed by atoms with Crippen molar-refractivity contribution in [2.75, 3.05) is 13.2 Å². The third-order valence-corrected chi connectivity index (χ3v) is 7.27. The van der Waals surface area contributed by atoms with Crippen LogP contribution in [0.4, 0.5) is 0 Å². The average Bonchev–Trinajstić information content (AvgIpc) is 2.90. The Hall–Kier alpha value is -1.18. The van der Waals surface area contributed by atoms with Crippen LogP contribution in [0.15, 0.2) is 18.2 Å². The average molecular weight is 502 g/mol. The van der Waals surface area contributed by atoms with Crippen LogP contribution >= 0.6 is 0 Å². The molecule has 0 aromatic heterocycles. The van der Waals surface area contributed by atoms with E-state index in [-0.39, 0.29) is 0 Å². The van der Waals surface area contributed by atoms with Gasteiger partial charge >= 0.3 is 0 Å². The van der Waals surface area contributed by atoms with Crippen molar-refractivity contribution in [3.8, 4) is 11.5 Å². The van der Waals surface area contributed by atoms with Crippen LogP contribution in [-0.2, 0) is 0 Å². The molecular weight excluding hydrogens is 440 g/mol. The van der Waals surface area contributed by atoms with Gasteiger partial charge in [0.1, 0.15) is 11.5 Å². The summed E-state index contributed by atoms with van der Waals surface area (Å²) in [6.45, 7) is 6.17. The summed E-state index contributed by atoms with van der Waals surface area (Å²) in [7, 11) is 0. The van der Waals surface area contributed by atoms with Gasteiger partial charge < -0.3 is 9.47 Å². The molecule has 0 aliphatic carbocycles. The minimum Gasteiger partial charge on any atom is -0.493 e. The molecule has 209 valence electrons. The fourth-order valence-corrected chi connectivity index (χ4v) is 4.86. The lowest BCUT2D eigenvalue weighted by atomic mass is 10.1. The Morgan fingerprint density at radius 2 is 0.694 bits per heavy atom. The van der Waals surface area contributed by atoms with Gasteiger partial charge in [-0.1, -0.05) is 155 Å². The van der Waals surface area contributed by atoms with Gasteiger partial charge in [-0.2, -0.15) is 0 Å². The Bertz CT molecular complexity index is 511. The molecule has 2 heteroatoms. The van der Waals surface area contributed by atoms with Gasteiger partial charge in [0.2, 0.25) is 0 Å². The van der Waals surface area contributed by atoms with Crippen molar-refractivity contribution in [2.45, 2.75) is 168 Å². The topological polar surface area (TPSA) is 18.5 Å². The molecule has 1 rings (SSSR count). The molecule has 0 saturated carbocycles. The Kier molecular flexibility index (Phi) is 24.5. The van der Waals surface area contributed by atoms with Crippen LogP contribution in [0, 0.1) is 6.07 Å². The predicted octanol–water partition coefficient (Wildman–Crippen LogP) is 11.6. The molecule has 1 aromatic rings. The molecule has 0 aliphatic heterocycles. The lowest BCUT2D eigenvalue weighted by molar-refractivity contribution is 0.289. The van der Waals surface area contributed by atoms with E-state index in [4.69, 9.17) is 9.47 Å². The largest absolute Gasteiger partial charge is 0.493 e. The molecule has 0 fully saturated rings. The van der Waals surface area contributed by atoms with Gasteiger partial charge in [0.15, 0.2) is 0 Å². The van der Waals surface area contributed by atoms with Crippen molar-refractivity contribution in [2.24, 2.45) is 0 Å². The lowest BCUT2D eigenvalue weighted by Gasteiger charge is -2.09. The first kappa shape index (κ1) is 32.8. The van der Waals surface area contributed by atoms with Gasteiger partial charge in [0, 0.05) is 6.07 Å². The fraction of sp³-hybridized carbons (Fsp3) is 0.824. The molecule has 1 aromatic carbocycles. The first-order valence-electron chi connectivity index (χ1n) is 16.1. The Balaban J connectivity index is 1.89. The Morgan fingerprint density at radius 3 is 1.00 bits per heavy atom. The first-order chi connectivity index (χ1) is 17.9. The number of ether oxygens (including phenoxy) is 2. The number of rotatable bonds is 28. The van der Waals surface area contributed by atoms with Gasteiger partial charge in [-0.25, -0.2) is 0 Å². The molecule has 0 bridgehead atoms. The molecule has 0 aliphatic rings. The van der Waals surface area contributed by atoms with Crippen LogP contribution in [0.1, 0.15) is 168 Å². The SMILES string of the molecule is CCCCCCCCCCCCCCOc1c[c]cc(OCCCCCCCCCCCCCC)c1. The van der Waals surface area contributed by atoms with E-state index >= 15 is 0 Å². The molecule has 2 nitrogen and oxygen atoms in total. The lowest BCUT2D eigenvalue weighted by Crippen LogP contribution is -2.00. The second-order valence-corrected chi connectivity index (χ2v) is 10.9. The standard InChI is InChI=1S/C34H61O2/c1-3-5-7-9-11-13-15-17-19-21-23-25-30-35-33-28-27-29-34(32-33)36-31-26-24-22-20-18-16-14-12-10-8-6-4-2/h28-29,32H,3-26,30-31H2,1-2H3. The second-order valence-electron chi connectivity index (χ2n) is 10.9. The van der Waals surface area contributed by atoms with Crippen LogP contribution in [0.2, 0.25) is 0 Å². The molecular formula is C34H61O2. The van der Waals surface area contributed by atoms with Crippen LogP contribution in [0.25, 0.3) is 0 Å². The van der Waals surface area contributed by atoms with Crippen molar-refractivity contribution in [1.29, 1.82) is 0 Å². The fourth-order valence-electron chi connectivity index (χ4n) is 4.86. The molecule has 0 unspecified atom stereocenters. The summed E-state index contributed by atoms with van der Waals surface area (Å²) >= 11 is 0. The highest BCUT2D eigenvalue weighted by Crippen LogP contribution is 2.20. The van der Waals surface area contributed by atoms with E-state index in [1.807, 2.05) is 18.2 Å². The molecule has 36 heavy (non-hydrogen) atoms. The summed E-state index contributed by atoms with van der Waals surface area (Å²) in [5.74, 6) is 1.79. The zero-order valence-corrected chi connectivity index (χ0v) is 24.4. The molecule has 1 radical (unpaired) electrons. The maximum absolute atomic E-state index is 5.95. The van der Waals surface area contributed by atoms with Gasteiger partial charge in [-0.05, 0) is 31.0 Å². The Morgan fingerprint density at radius 1 is 0.417 bits per heavy atom. The zero-order chi connectivity index (χ0) is 25.8. The highest BCUT2D eigenvalue weighted by molar-refractivity contribution is 5.32. The summed E-state index contributed by atoms with van der Waals surface area (Å²) in [5.41, 5.74) is 0. The second kappa shape index (κ2) is 26.9. The minimum atomic E-state index is 0.799. The number of benzene rings is 1. The van der Waals surface area contributed by atoms with Crippen molar-refractivity contribution < 1.29 is 9.47 Å². The number of hydrogen-bond acceptors (Lipinski definition) is 2. The van der Waals surface area contributed by atoms with E-state index in [2.05, 4.69) is 19.9 Å². The van der Waals surface area contributed by atoms with E-state index in [1.165, 1.54) is 141 Å². The highest BCUT2D eigenvalue weighted by Gasteiger charge is 2.00. The summed E-state index contributed by atoms with van der Waals surface area (Å²) in [4.78, 5) is 0. The van der Waals surface area contributed by atoms with Crippen LogP contribution in [-0.4, -0.2) is 13.2 Å². The molecule has 0 heterocycles. The predicted molar refractivity (Wildman–Crippen MR) is 158 cm³/mol. The molecule has 0 atom stereocenters. The smallest absolute Gasteiger partial charge is 0.123 e. The molecule has 0 amide bonds. The Labute approximate surface area is 226 Å². The summed E-state index contributed by atoms with van der Waals surface area (Å²) < 4.78 is 11.9. The number of hydrogen-bond donors (Lipinski definition) is 0. The monoisotopic (exact) mass is 501 g/mol.